The lowest BCUT2D eigenvalue weighted by Gasteiger charge is -2.24. The Morgan fingerprint density at radius 3 is 2.68 bits per heavy atom. The number of hydrogen-bond acceptors (Lipinski definition) is 3. The average molecular weight is 344 g/mol. The lowest BCUT2D eigenvalue weighted by Crippen LogP contribution is -2.46. The van der Waals surface area contributed by atoms with Gasteiger partial charge in [0.2, 0.25) is 0 Å². The minimum absolute atomic E-state index is 0.527. The van der Waals surface area contributed by atoms with Gasteiger partial charge in [0.15, 0.2) is 5.96 Å². The van der Waals surface area contributed by atoms with Crippen molar-refractivity contribution in [3.8, 4) is 0 Å². The Bertz CT molecular complexity index is 538. The molecule has 2 N–H and O–H groups in total. The summed E-state index contributed by atoms with van der Waals surface area (Å²) in [5.41, 5.74) is 1.25. The Hall–Kier alpha value is -1.75. The molecule has 1 saturated carbocycles. The largest absolute Gasteiger partial charge is 0.373 e. The van der Waals surface area contributed by atoms with Crippen LogP contribution in [0.25, 0.3) is 0 Å². The predicted molar refractivity (Wildman–Crippen MR) is 106 cm³/mol. The minimum Gasteiger partial charge on any atom is -0.373 e. The smallest absolute Gasteiger partial charge is 0.191 e. The van der Waals surface area contributed by atoms with Crippen LogP contribution in [0.3, 0.4) is 0 Å². The van der Waals surface area contributed by atoms with Crippen molar-refractivity contribution >= 4 is 11.6 Å². The van der Waals surface area contributed by atoms with Gasteiger partial charge in [-0.2, -0.15) is 0 Å². The average Bonchev–Trinajstić information content (AvgIpc) is 3.33. The molecule has 2 fully saturated rings. The number of para-hydroxylation sites is 1. The molecular formula is C20H33N5. The number of likely N-dealkylation sites (N-methyl/N-ethyl adjacent to an activating group) is 1. The summed E-state index contributed by atoms with van der Waals surface area (Å²) in [7, 11) is 3.99. The first kappa shape index (κ1) is 18.1. The van der Waals surface area contributed by atoms with E-state index in [-0.39, 0.29) is 0 Å². The van der Waals surface area contributed by atoms with Gasteiger partial charge in [-0.1, -0.05) is 31.0 Å². The van der Waals surface area contributed by atoms with Crippen LogP contribution >= 0.6 is 0 Å². The van der Waals surface area contributed by atoms with Gasteiger partial charge in [-0.3, -0.25) is 9.89 Å². The zero-order chi connectivity index (χ0) is 17.5. The molecule has 1 aromatic carbocycles. The van der Waals surface area contributed by atoms with Gasteiger partial charge in [-0.25, -0.2) is 0 Å². The van der Waals surface area contributed by atoms with E-state index in [0.29, 0.717) is 6.04 Å². The van der Waals surface area contributed by atoms with Gasteiger partial charge >= 0.3 is 0 Å². The molecule has 1 saturated heterocycles. The molecule has 1 heterocycles. The molecule has 5 nitrogen and oxygen atoms in total. The second-order valence-corrected chi connectivity index (χ2v) is 7.32. The van der Waals surface area contributed by atoms with E-state index in [0.717, 1.165) is 31.6 Å². The van der Waals surface area contributed by atoms with Gasteiger partial charge in [0, 0.05) is 58.0 Å². The number of anilines is 1. The second kappa shape index (κ2) is 9.09. The minimum atomic E-state index is 0.527. The van der Waals surface area contributed by atoms with Gasteiger partial charge in [0.05, 0.1) is 0 Å². The van der Waals surface area contributed by atoms with E-state index in [1.54, 1.807) is 0 Å². The molecule has 5 heteroatoms. The molecular weight excluding hydrogens is 310 g/mol. The summed E-state index contributed by atoms with van der Waals surface area (Å²) in [4.78, 5) is 9.34. The van der Waals surface area contributed by atoms with Crippen molar-refractivity contribution in [3.63, 3.8) is 0 Å². The molecule has 0 bridgehead atoms. The number of nitrogens with zero attached hydrogens (tertiary/aromatic N) is 3. The van der Waals surface area contributed by atoms with E-state index >= 15 is 0 Å². The van der Waals surface area contributed by atoms with E-state index in [1.807, 2.05) is 7.05 Å². The van der Waals surface area contributed by atoms with Crippen LogP contribution in [0, 0.1) is 0 Å². The molecule has 25 heavy (non-hydrogen) atoms. The summed E-state index contributed by atoms with van der Waals surface area (Å²) < 4.78 is 0. The molecule has 0 spiro atoms. The molecule has 0 radical (unpaired) electrons. The van der Waals surface area contributed by atoms with Crippen LogP contribution in [0.1, 0.15) is 32.1 Å². The normalized spacial score (nSPS) is 22.3. The fourth-order valence-electron chi connectivity index (χ4n) is 4.05. The number of aliphatic imine (C=N–C) groups is 1. The number of rotatable bonds is 6. The number of benzene rings is 1. The zero-order valence-corrected chi connectivity index (χ0v) is 15.7. The van der Waals surface area contributed by atoms with Gasteiger partial charge in [-0.15, -0.1) is 0 Å². The monoisotopic (exact) mass is 343 g/mol. The second-order valence-electron chi connectivity index (χ2n) is 7.32. The van der Waals surface area contributed by atoms with Crippen molar-refractivity contribution in [2.75, 3.05) is 45.2 Å². The number of nitrogens with one attached hydrogen (secondary N) is 2. The van der Waals surface area contributed by atoms with Crippen LogP contribution in [0.4, 0.5) is 5.69 Å². The molecule has 0 amide bonds. The van der Waals surface area contributed by atoms with Crippen LogP contribution in [0.5, 0.6) is 0 Å². The summed E-state index contributed by atoms with van der Waals surface area (Å²) >= 11 is 0. The third-order valence-corrected chi connectivity index (χ3v) is 5.56. The van der Waals surface area contributed by atoms with Crippen LogP contribution in [-0.2, 0) is 0 Å². The number of guanidine groups is 1. The quantitative estimate of drug-likeness (QED) is 0.614. The Morgan fingerprint density at radius 1 is 1.20 bits per heavy atom. The first-order valence-electron chi connectivity index (χ1n) is 9.73. The third kappa shape index (κ3) is 5.11. The van der Waals surface area contributed by atoms with E-state index in [9.17, 15) is 0 Å². The Kier molecular flexibility index (Phi) is 6.56. The molecule has 138 valence electrons. The zero-order valence-electron chi connectivity index (χ0n) is 15.7. The van der Waals surface area contributed by atoms with Crippen LogP contribution in [-0.4, -0.2) is 63.2 Å². The maximum atomic E-state index is 4.40. The summed E-state index contributed by atoms with van der Waals surface area (Å²) in [6, 6.07) is 11.9. The van der Waals surface area contributed by atoms with E-state index in [1.165, 1.54) is 44.3 Å². The standard InChI is InChI=1S/C20H33N5/c1-21-20(22-13-15-24(2)18-8-4-3-5-9-18)23-17-12-14-25(16-17)19-10-6-7-11-19/h3-5,8-9,17,19H,6-7,10-16H2,1-2H3,(H2,21,22,23). The molecule has 1 aromatic rings. The maximum Gasteiger partial charge on any atom is 0.191 e. The van der Waals surface area contributed by atoms with E-state index in [4.69, 9.17) is 0 Å². The van der Waals surface area contributed by atoms with Crippen molar-refractivity contribution in [1.29, 1.82) is 0 Å². The van der Waals surface area contributed by atoms with Crippen LogP contribution < -0.4 is 15.5 Å². The lowest BCUT2D eigenvalue weighted by molar-refractivity contribution is 0.242. The molecule has 1 aliphatic carbocycles. The molecule has 1 unspecified atom stereocenters. The topological polar surface area (TPSA) is 42.9 Å². The molecule has 1 atom stereocenters. The summed E-state index contributed by atoms with van der Waals surface area (Å²) in [5, 5.41) is 7.07. The number of likely N-dealkylation sites (tertiary alicyclic amines) is 1. The predicted octanol–water partition coefficient (Wildman–Crippen LogP) is 2.30. The molecule has 0 aromatic heterocycles. The fraction of sp³-hybridized carbons (Fsp3) is 0.650. The fourth-order valence-corrected chi connectivity index (χ4v) is 4.05. The highest BCUT2D eigenvalue weighted by molar-refractivity contribution is 5.80. The van der Waals surface area contributed by atoms with Crippen molar-refractivity contribution in [1.82, 2.24) is 15.5 Å². The Morgan fingerprint density at radius 2 is 1.96 bits per heavy atom. The summed E-state index contributed by atoms with van der Waals surface area (Å²) in [6.45, 7) is 4.22. The highest BCUT2D eigenvalue weighted by Gasteiger charge is 2.30. The van der Waals surface area contributed by atoms with Gasteiger partial charge in [-0.05, 0) is 31.4 Å². The SMILES string of the molecule is CN=C(NCCN(C)c1ccccc1)NC1CCN(C2CCCC2)C1. The first-order valence-corrected chi connectivity index (χ1v) is 9.73. The highest BCUT2D eigenvalue weighted by Crippen LogP contribution is 2.26. The molecule has 1 aliphatic heterocycles. The Balaban J connectivity index is 1.38. The van der Waals surface area contributed by atoms with Gasteiger partial charge in [0.1, 0.15) is 0 Å². The molecule has 2 aliphatic rings. The van der Waals surface area contributed by atoms with E-state index in [2.05, 4.69) is 62.8 Å². The van der Waals surface area contributed by atoms with Gasteiger partial charge in [0.25, 0.3) is 0 Å². The molecule has 3 rings (SSSR count). The van der Waals surface area contributed by atoms with Crippen LogP contribution in [0.2, 0.25) is 0 Å². The summed E-state index contributed by atoms with van der Waals surface area (Å²) in [5.74, 6) is 0.930. The van der Waals surface area contributed by atoms with Crippen LogP contribution in [0.15, 0.2) is 35.3 Å². The third-order valence-electron chi connectivity index (χ3n) is 5.56. The van der Waals surface area contributed by atoms with Crippen molar-refractivity contribution in [2.24, 2.45) is 4.99 Å². The van der Waals surface area contributed by atoms with Crippen molar-refractivity contribution in [2.45, 2.75) is 44.2 Å². The van der Waals surface area contributed by atoms with E-state index < -0.39 is 0 Å². The lowest BCUT2D eigenvalue weighted by atomic mass is 10.2. The highest BCUT2D eigenvalue weighted by atomic mass is 15.3. The Labute approximate surface area is 152 Å². The van der Waals surface area contributed by atoms with Crippen molar-refractivity contribution < 1.29 is 0 Å². The first-order chi connectivity index (χ1) is 12.3. The van der Waals surface area contributed by atoms with Crippen molar-refractivity contribution in [3.05, 3.63) is 30.3 Å². The maximum absolute atomic E-state index is 4.40. The van der Waals surface area contributed by atoms with Gasteiger partial charge < -0.3 is 15.5 Å². The number of hydrogen-bond donors (Lipinski definition) is 2. The summed E-state index contributed by atoms with van der Waals surface area (Å²) in [6.07, 6.45) is 6.84.